The molecule has 0 spiro atoms. The zero-order valence-electron chi connectivity index (χ0n) is 16.4. The maximum absolute atomic E-state index is 13.7. The number of urea groups is 1. The molecule has 2 amide bonds. The number of aryl methyl sites for hydroxylation is 1. The second-order valence-corrected chi connectivity index (χ2v) is 6.52. The minimum atomic E-state index is -0.472. The van der Waals surface area contributed by atoms with Crippen LogP contribution in [0.1, 0.15) is 24.0 Å². The number of methoxy groups -OCH3 is 1. The summed E-state index contributed by atoms with van der Waals surface area (Å²) in [7, 11) is 1.60. The third kappa shape index (κ3) is 5.78. The largest absolute Gasteiger partial charge is 0.497 e. The van der Waals surface area contributed by atoms with Gasteiger partial charge in [-0.15, -0.1) is 0 Å². The van der Waals surface area contributed by atoms with Crippen molar-refractivity contribution in [2.45, 2.75) is 26.4 Å². The lowest BCUT2D eigenvalue weighted by molar-refractivity contribution is 0.252. The summed E-state index contributed by atoms with van der Waals surface area (Å²) in [5, 5.41) is 5.31. The van der Waals surface area contributed by atoms with E-state index in [-0.39, 0.29) is 25.0 Å². The van der Waals surface area contributed by atoms with Crippen molar-refractivity contribution in [2.75, 3.05) is 19.0 Å². The Balaban J connectivity index is 1.58. The van der Waals surface area contributed by atoms with Gasteiger partial charge in [0.1, 0.15) is 24.0 Å². The first-order valence-corrected chi connectivity index (χ1v) is 9.23. The molecule has 1 aliphatic rings. The van der Waals surface area contributed by atoms with E-state index in [9.17, 15) is 9.18 Å². The second-order valence-electron chi connectivity index (χ2n) is 6.52. The van der Waals surface area contributed by atoms with Crippen LogP contribution in [0, 0.1) is 6.92 Å². The van der Waals surface area contributed by atoms with E-state index in [2.05, 4.69) is 20.6 Å². The lowest BCUT2D eigenvalue weighted by Crippen LogP contribution is -2.31. The minimum Gasteiger partial charge on any atom is -0.497 e. The van der Waals surface area contributed by atoms with E-state index in [1.54, 1.807) is 26.3 Å². The predicted molar refractivity (Wildman–Crippen MR) is 108 cm³/mol. The summed E-state index contributed by atoms with van der Waals surface area (Å²) >= 11 is 0. The van der Waals surface area contributed by atoms with Crippen molar-refractivity contribution in [1.82, 2.24) is 15.3 Å². The van der Waals surface area contributed by atoms with Crippen LogP contribution in [-0.2, 0) is 6.61 Å². The van der Waals surface area contributed by atoms with Crippen molar-refractivity contribution >= 4 is 11.8 Å². The van der Waals surface area contributed by atoms with Crippen LogP contribution < -0.4 is 20.1 Å². The molecule has 0 saturated carbocycles. The van der Waals surface area contributed by atoms with E-state index >= 15 is 0 Å². The van der Waals surface area contributed by atoms with Gasteiger partial charge < -0.3 is 14.8 Å². The quantitative estimate of drug-likeness (QED) is 0.734. The van der Waals surface area contributed by atoms with Crippen LogP contribution in [0.15, 0.2) is 54.0 Å². The number of carbonyl (C=O) groups is 1. The molecule has 1 aliphatic carbocycles. The molecule has 7 nitrogen and oxygen atoms in total. The molecule has 152 valence electrons. The highest BCUT2D eigenvalue weighted by atomic mass is 19.1. The SMILES string of the molecule is COc1cccc(COc2ncc(C)c(NC(=O)NCC3=C(F)C=CCC3)n2)c1. The van der Waals surface area contributed by atoms with Crippen molar-refractivity contribution < 1.29 is 18.7 Å². The maximum Gasteiger partial charge on any atom is 0.320 e. The van der Waals surface area contributed by atoms with E-state index in [0.29, 0.717) is 23.4 Å². The van der Waals surface area contributed by atoms with Crippen molar-refractivity contribution in [3.05, 3.63) is 65.1 Å². The van der Waals surface area contributed by atoms with Crippen molar-refractivity contribution in [2.24, 2.45) is 0 Å². The van der Waals surface area contributed by atoms with Crippen molar-refractivity contribution in [1.29, 1.82) is 0 Å². The number of nitrogens with one attached hydrogen (secondary N) is 2. The number of allylic oxidation sites excluding steroid dienone is 3. The molecule has 0 bridgehead atoms. The summed E-state index contributed by atoms with van der Waals surface area (Å²) in [4.78, 5) is 20.6. The number of benzene rings is 1. The Labute approximate surface area is 168 Å². The average Bonchev–Trinajstić information content (AvgIpc) is 2.74. The van der Waals surface area contributed by atoms with Gasteiger partial charge in [0.25, 0.3) is 0 Å². The van der Waals surface area contributed by atoms with Crippen LogP contribution in [0.25, 0.3) is 0 Å². The molecule has 0 atom stereocenters. The third-order valence-electron chi connectivity index (χ3n) is 4.36. The molecule has 1 aromatic carbocycles. The Morgan fingerprint density at radius 3 is 3.00 bits per heavy atom. The number of ether oxygens (including phenoxy) is 2. The molecule has 2 N–H and O–H groups in total. The van der Waals surface area contributed by atoms with E-state index in [1.165, 1.54) is 6.08 Å². The van der Waals surface area contributed by atoms with Crippen LogP contribution in [0.3, 0.4) is 0 Å². The number of hydrogen-bond acceptors (Lipinski definition) is 5. The van der Waals surface area contributed by atoms with E-state index < -0.39 is 6.03 Å². The monoisotopic (exact) mass is 398 g/mol. The normalized spacial score (nSPS) is 13.2. The summed E-state index contributed by atoms with van der Waals surface area (Å²) in [6.45, 7) is 2.17. The van der Waals surface area contributed by atoms with Gasteiger partial charge in [0, 0.05) is 18.3 Å². The predicted octanol–water partition coefficient (Wildman–Crippen LogP) is 4.07. The van der Waals surface area contributed by atoms with Gasteiger partial charge in [-0.25, -0.2) is 14.2 Å². The summed E-state index contributed by atoms with van der Waals surface area (Å²) in [6.07, 6.45) is 6.13. The zero-order chi connectivity index (χ0) is 20.6. The first-order valence-electron chi connectivity index (χ1n) is 9.23. The molecule has 1 heterocycles. The van der Waals surface area contributed by atoms with Crippen molar-refractivity contribution in [3.8, 4) is 11.8 Å². The summed E-state index contributed by atoms with van der Waals surface area (Å²) in [5.41, 5.74) is 2.15. The maximum atomic E-state index is 13.7. The standard InChI is InChI=1S/C21H23FN4O3/c1-14-11-24-21(29-13-15-6-5-8-17(10-15)28-2)26-19(14)25-20(27)23-12-16-7-3-4-9-18(16)22/h4-6,8-11H,3,7,12-13H2,1-2H3,(H2,23,24,25,26,27). The smallest absolute Gasteiger partial charge is 0.320 e. The number of hydrogen-bond donors (Lipinski definition) is 2. The van der Waals surface area contributed by atoms with E-state index in [0.717, 1.165) is 17.7 Å². The van der Waals surface area contributed by atoms with Gasteiger partial charge in [-0.1, -0.05) is 18.2 Å². The van der Waals surface area contributed by atoms with Crippen LogP contribution in [-0.4, -0.2) is 29.7 Å². The summed E-state index contributed by atoms with van der Waals surface area (Å²) in [6, 6.07) is 7.14. The van der Waals surface area contributed by atoms with Gasteiger partial charge in [-0.3, -0.25) is 5.32 Å². The third-order valence-corrected chi connectivity index (χ3v) is 4.36. The number of carbonyl (C=O) groups excluding carboxylic acids is 1. The molecular formula is C21H23FN4O3. The van der Waals surface area contributed by atoms with Crippen molar-refractivity contribution in [3.63, 3.8) is 0 Å². The molecule has 2 aromatic rings. The highest BCUT2D eigenvalue weighted by Gasteiger charge is 2.12. The fraction of sp³-hybridized carbons (Fsp3) is 0.286. The summed E-state index contributed by atoms with van der Waals surface area (Å²) < 4.78 is 24.5. The highest BCUT2D eigenvalue weighted by Crippen LogP contribution is 2.20. The van der Waals surface area contributed by atoms with Gasteiger partial charge in [0.15, 0.2) is 0 Å². The average molecular weight is 398 g/mol. The Kier molecular flexibility index (Phi) is 6.78. The highest BCUT2D eigenvalue weighted by molar-refractivity contribution is 5.89. The zero-order valence-corrected chi connectivity index (χ0v) is 16.4. The number of anilines is 1. The molecule has 8 heteroatoms. The molecule has 29 heavy (non-hydrogen) atoms. The number of amides is 2. The van der Waals surface area contributed by atoms with Gasteiger partial charge >= 0.3 is 12.0 Å². The van der Waals surface area contributed by atoms with Gasteiger partial charge in [0.05, 0.1) is 7.11 Å². The molecular weight excluding hydrogens is 375 g/mol. The second kappa shape index (κ2) is 9.68. The van der Waals surface area contributed by atoms with Crippen LogP contribution in [0.4, 0.5) is 15.0 Å². The van der Waals surface area contributed by atoms with Crippen LogP contribution in [0.5, 0.6) is 11.8 Å². The topological polar surface area (TPSA) is 85.4 Å². The Bertz CT molecular complexity index is 943. The van der Waals surface area contributed by atoms with Crippen LogP contribution >= 0.6 is 0 Å². The minimum absolute atomic E-state index is 0.139. The van der Waals surface area contributed by atoms with Gasteiger partial charge in [-0.2, -0.15) is 4.98 Å². The van der Waals surface area contributed by atoms with E-state index in [4.69, 9.17) is 9.47 Å². The number of aromatic nitrogens is 2. The van der Waals surface area contributed by atoms with Gasteiger partial charge in [-0.05, 0) is 49.1 Å². The molecule has 1 aromatic heterocycles. The first-order chi connectivity index (χ1) is 14.0. The van der Waals surface area contributed by atoms with Gasteiger partial charge in [0.2, 0.25) is 0 Å². The number of halogens is 1. The lowest BCUT2D eigenvalue weighted by atomic mass is 10.0. The lowest BCUT2D eigenvalue weighted by Gasteiger charge is -2.13. The Morgan fingerprint density at radius 1 is 1.34 bits per heavy atom. The molecule has 0 unspecified atom stereocenters. The summed E-state index contributed by atoms with van der Waals surface area (Å²) in [5.74, 6) is 0.772. The molecule has 3 rings (SSSR count). The number of nitrogens with zero attached hydrogens (tertiary/aromatic N) is 2. The Hall–Kier alpha value is -3.42. The molecule has 0 radical (unpaired) electrons. The fourth-order valence-electron chi connectivity index (χ4n) is 2.73. The molecule has 0 aliphatic heterocycles. The van der Waals surface area contributed by atoms with E-state index in [1.807, 2.05) is 24.3 Å². The first kappa shape index (κ1) is 20.3. The molecule has 0 saturated heterocycles. The van der Waals surface area contributed by atoms with Crippen LogP contribution in [0.2, 0.25) is 0 Å². The fourth-order valence-corrected chi connectivity index (χ4v) is 2.73. The Morgan fingerprint density at radius 2 is 2.21 bits per heavy atom. The number of rotatable bonds is 7. The molecule has 0 fully saturated rings.